The first-order valence-electron chi connectivity index (χ1n) is 7.68. The van der Waals surface area contributed by atoms with Crippen molar-refractivity contribution < 1.29 is 18.3 Å². The van der Waals surface area contributed by atoms with Crippen LogP contribution in [0.5, 0.6) is 5.75 Å². The Morgan fingerprint density at radius 1 is 1.23 bits per heavy atom. The van der Waals surface area contributed by atoms with Gasteiger partial charge in [-0.1, -0.05) is 6.92 Å². The highest BCUT2D eigenvalue weighted by Gasteiger charge is 2.19. The van der Waals surface area contributed by atoms with Gasteiger partial charge in [0.1, 0.15) is 5.82 Å². The Morgan fingerprint density at radius 3 is 2.77 bits per heavy atom. The van der Waals surface area contributed by atoms with E-state index in [9.17, 15) is 13.6 Å². The molecule has 1 aliphatic rings. The van der Waals surface area contributed by atoms with E-state index >= 15 is 0 Å². The minimum Gasteiger partial charge on any atom is -0.481 e. The third-order valence-corrected chi connectivity index (χ3v) is 3.73. The molecule has 1 fully saturated rings. The molecule has 0 aromatic heterocycles. The second-order valence-electron chi connectivity index (χ2n) is 5.44. The number of nitrogens with zero attached hydrogens (tertiary/aromatic N) is 2. The molecule has 0 atom stereocenters. The molecule has 1 saturated heterocycles. The van der Waals surface area contributed by atoms with Crippen LogP contribution >= 0.6 is 0 Å². The van der Waals surface area contributed by atoms with E-state index in [2.05, 4.69) is 11.8 Å². The molecular weight excluding hydrogens is 290 g/mol. The second kappa shape index (κ2) is 8.08. The molecule has 1 aliphatic heterocycles. The highest BCUT2D eigenvalue weighted by atomic mass is 19.1. The van der Waals surface area contributed by atoms with Gasteiger partial charge < -0.3 is 14.5 Å². The topological polar surface area (TPSA) is 32.8 Å². The van der Waals surface area contributed by atoms with Crippen LogP contribution in [-0.4, -0.2) is 55.0 Å². The van der Waals surface area contributed by atoms with Gasteiger partial charge in [0.2, 0.25) is 0 Å². The first kappa shape index (κ1) is 16.7. The molecule has 1 heterocycles. The first-order chi connectivity index (χ1) is 10.6. The Morgan fingerprint density at radius 2 is 2.05 bits per heavy atom. The fourth-order valence-corrected chi connectivity index (χ4v) is 2.58. The molecule has 122 valence electrons. The Bertz CT molecular complexity index is 511. The zero-order valence-corrected chi connectivity index (χ0v) is 12.9. The molecule has 1 aromatic carbocycles. The number of hydrogen-bond donors (Lipinski definition) is 0. The van der Waals surface area contributed by atoms with Gasteiger partial charge in [-0.2, -0.15) is 0 Å². The number of rotatable bonds is 5. The standard InChI is InChI=1S/C16H22F2N2O2/c1-2-6-19-7-3-8-20(10-9-19)16(21)12-22-15-5-4-13(17)11-14(15)18/h4-5,11H,2-3,6-10,12H2,1H3. The lowest BCUT2D eigenvalue weighted by Crippen LogP contribution is -2.38. The Labute approximate surface area is 129 Å². The molecule has 0 bridgehead atoms. The van der Waals surface area contributed by atoms with Crippen molar-refractivity contribution in [1.82, 2.24) is 9.80 Å². The number of amides is 1. The normalized spacial score (nSPS) is 16.4. The first-order valence-corrected chi connectivity index (χ1v) is 7.68. The maximum Gasteiger partial charge on any atom is 0.260 e. The third kappa shape index (κ3) is 4.66. The third-order valence-electron chi connectivity index (χ3n) is 3.73. The van der Waals surface area contributed by atoms with Gasteiger partial charge in [-0.05, 0) is 38.1 Å². The van der Waals surface area contributed by atoms with Crippen molar-refractivity contribution in [2.24, 2.45) is 0 Å². The smallest absolute Gasteiger partial charge is 0.260 e. The number of halogens is 2. The zero-order valence-electron chi connectivity index (χ0n) is 12.9. The molecule has 0 spiro atoms. The molecule has 0 saturated carbocycles. The summed E-state index contributed by atoms with van der Waals surface area (Å²) in [5.74, 6) is -1.73. The quantitative estimate of drug-likeness (QED) is 0.836. The number of carbonyl (C=O) groups excluding carboxylic acids is 1. The average molecular weight is 312 g/mol. The van der Waals surface area contributed by atoms with Crippen LogP contribution in [0.4, 0.5) is 8.78 Å². The molecule has 2 rings (SSSR count). The van der Waals surface area contributed by atoms with Gasteiger partial charge in [0.05, 0.1) is 0 Å². The van der Waals surface area contributed by atoms with E-state index in [1.165, 1.54) is 6.07 Å². The van der Waals surface area contributed by atoms with Gasteiger partial charge in [-0.3, -0.25) is 4.79 Å². The molecule has 4 nitrogen and oxygen atoms in total. The Kier molecular flexibility index (Phi) is 6.12. The lowest BCUT2D eigenvalue weighted by atomic mass is 10.3. The number of ether oxygens (including phenoxy) is 1. The SMILES string of the molecule is CCCN1CCCN(C(=O)COc2ccc(F)cc2F)CC1. The zero-order chi connectivity index (χ0) is 15.9. The average Bonchev–Trinajstić information content (AvgIpc) is 2.72. The molecule has 1 aromatic rings. The largest absolute Gasteiger partial charge is 0.481 e. The van der Waals surface area contributed by atoms with E-state index in [1.54, 1.807) is 4.90 Å². The number of carbonyl (C=O) groups is 1. The van der Waals surface area contributed by atoms with Gasteiger partial charge in [0.15, 0.2) is 18.2 Å². The monoisotopic (exact) mass is 312 g/mol. The van der Waals surface area contributed by atoms with Crippen molar-refractivity contribution in [2.75, 3.05) is 39.3 Å². The Hall–Kier alpha value is -1.69. The van der Waals surface area contributed by atoms with Crippen LogP contribution in [0.15, 0.2) is 18.2 Å². The van der Waals surface area contributed by atoms with Crippen molar-refractivity contribution in [2.45, 2.75) is 19.8 Å². The lowest BCUT2D eigenvalue weighted by molar-refractivity contribution is -0.133. The van der Waals surface area contributed by atoms with Gasteiger partial charge >= 0.3 is 0 Å². The van der Waals surface area contributed by atoms with Crippen LogP contribution in [0, 0.1) is 11.6 Å². The van der Waals surface area contributed by atoms with Crippen LogP contribution in [0.3, 0.4) is 0 Å². The summed E-state index contributed by atoms with van der Waals surface area (Å²) in [5, 5.41) is 0. The van der Waals surface area contributed by atoms with E-state index in [-0.39, 0.29) is 18.3 Å². The molecule has 0 aliphatic carbocycles. The maximum absolute atomic E-state index is 13.4. The molecule has 22 heavy (non-hydrogen) atoms. The fraction of sp³-hybridized carbons (Fsp3) is 0.562. The Balaban J connectivity index is 1.84. The molecule has 0 N–H and O–H groups in total. The van der Waals surface area contributed by atoms with Crippen LogP contribution < -0.4 is 4.74 Å². The van der Waals surface area contributed by atoms with E-state index < -0.39 is 11.6 Å². The van der Waals surface area contributed by atoms with Gasteiger partial charge in [0, 0.05) is 25.7 Å². The number of benzene rings is 1. The summed E-state index contributed by atoms with van der Waals surface area (Å²) in [5.41, 5.74) is 0. The van der Waals surface area contributed by atoms with E-state index in [4.69, 9.17) is 4.74 Å². The summed E-state index contributed by atoms with van der Waals surface area (Å²) in [6.45, 7) is 6.15. The fourth-order valence-electron chi connectivity index (χ4n) is 2.58. The van der Waals surface area contributed by atoms with Crippen LogP contribution in [0.25, 0.3) is 0 Å². The summed E-state index contributed by atoms with van der Waals surface area (Å²) < 4.78 is 31.4. The second-order valence-corrected chi connectivity index (χ2v) is 5.44. The summed E-state index contributed by atoms with van der Waals surface area (Å²) in [6, 6.07) is 3.05. The van der Waals surface area contributed by atoms with Crippen molar-refractivity contribution in [1.29, 1.82) is 0 Å². The van der Waals surface area contributed by atoms with E-state index in [0.717, 1.165) is 44.6 Å². The predicted molar refractivity (Wildman–Crippen MR) is 79.8 cm³/mol. The van der Waals surface area contributed by atoms with Crippen molar-refractivity contribution in [3.63, 3.8) is 0 Å². The van der Waals surface area contributed by atoms with Gasteiger partial charge in [0.25, 0.3) is 5.91 Å². The van der Waals surface area contributed by atoms with E-state index in [0.29, 0.717) is 13.1 Å². The minimum atomic E-state index is -0.794. The molecule has 6 heteroatoms. The van der Waals surface area contributed by atoms with Crippen molar-refractivity contribution in [3.8, 4) is 5.75 Å². The summed E-state index contributed by atoms with van der Waals surface area (Å²) >= 11 is 0. The molecule has 0 radical (unpaired) electrons. The highest BCUT2D eigenvalue weighted by molar-refractivity contribution is 5.77. The molecule has 1 amide bonds. The maximum atomic E-state index is 13.4. The van der Waals surface area contributed by atoms with Gasteiger partial charge in [-0.15, -0.1) is 0 Å². The minimum absolute atomic E-state index is 0.0998. The van der Waals surface area contributed by atoms with Crippen molar-refractivity contribution in [3.05, 3.63) is 29.8 Å². The lowest BCUT2D eigenvalue weighted by Gasteiger charge is -2.21. The molecular formula is C16H22F2N2O2. The van der Waals surface area contributed by atoms with E-state index in [1.807, 2.05) is 0 Å². The van der Waals surface area contributed by atoms with Crippen LogP contribution in [0.2, 0.25) is 0 Å². The predicted octanol–water partition coefficient (Wildman–Crippen LogP) is 2.29. The van der Waals surface area contributed by atoms with Gasteiger partial charge in [-0.25, -0.2) is 8.78 Å². The van der Waals surface area contributed by atoms with Crippen LogP contribution in [-0.2, 0) is 4.79 Å². The highest BCUT2D eigenvalue weighted by Crippen LogP contribution is 2.17. The molecule has 0 unspecified atom stereocenters. The summed E-state index contributed by atoms with van der Waals surface area (Å²) in [6.07, 6.45) is 2.03. The number of hydrogen-bond acceptors (Lipinski definition) is 3. The summed E-state index contributed by atoms with van der Waals surface area (Å²) in [7, 11) is 0. The summed E-state index contributed by atoms with van der Waals surface area (Å²) in [4.78, 5) is 16.2. The van der Waals surface area contributed by atoms with Crippen LogP contribution in [0.1, 0.15) is 19.8 Å². The van der Waals surface area contributed by atoms with Crippen molar-refractivity contribution >= 4 is 5.91 Å².